The number of carboxylic acids is 1. The lowest BCUT2D eigenvalue weighted by atomic mass is 10.1. The fourth-order valence-corrected chi connectivity index (χ4v) is 0.632. The molecule has 1 aliphatic carbocycles. The summed E-state index contributed by atoms with van der Waals surface area (Å²) in [6.07, 6.45) is -0.519. The van der Waals surface area contributed by atoms with Gasteiger partial charge in [-0.25, -0.2) is 8.78 Å². The molecule has 0 heterocycles. The first-order valence-corrected chi connectivity index (χ1v) is 2.51. The predicted octanol–water partition coefficient (Wildman–Crippen LogP) is 1.54. The van der Waals surface area contributed by atoms with Gasteiger partial charge in [-0.1, -0.05) is 0 Å². The molecule has 2 nitrogen and oxygen atoms in total. The molecule has 0 amide bonds. The normalized spacial score (nSPS) is 34.3. The first-order chi connectivity index (χ1) is 3.90. The van der Waals surface area contributed by atoms with Crippen molar-refractivity contribution < 1.29 is 18.7 Å². The maximum atomic E-state index is 12.1. The van der Waals surface area contributed by atoms with E-state index in [0.29, 0.717) is 0 Å². The number of alkyl halides is 2. The van der Waals surface area contributed by atoms with E-state index in [1.165, 1.54) is 0 Å². The predicted molar refractivity (Wildman–Crippen MR) is 32.6 cm³/mol. The van der Waals surface area contributed by atoms with E-state index in [2.05, 4.69) is 0 Å². The van der Waals surface area contributed by atoms with Crippen LogP contribution in [0, 0.1) is 5.41 Å². The Hall–Kier alpha value is -0.380. The third kappa shape index (κ3) is 0.963. The smallest absolute Gasteiger partial charge is 0.315 e. The monoisotopic (exact) mass is 172 g/mol. The lowest BCUT2D eigenvalue weighted by Gasteiger charge is -2.00. The van der Waals surface area contributed by atoms with Gasteiger partial charge in [0.25, 0.3) is 5.92 Å². The minimum atomic E-state index is -2.97. The van der Waals surface area contributed by atoms with Crippen LogP contribution in [0.5, 0.6) is 0 Å². The van der Waals surface area contributed by atoms with E-state index < -0.39 is 23.7 Å². The van der Waals surface area contributed by atoms with Crippen molar-refractivity contribution in [2.45, 2.75) is 19.3 Å². The van der Waals surface area contributed by atoms with Gasteiger partial charge in [-0.05, 0) is 6.92 Å². The first-order valence-electron chi connectivity index (χ1n) is 2.51. The maximum absolute atomic E-state index is 12.1. The van der Waals surface area contributed by atoms with Crippen LogP contribution in [0.15, 0.2) is 0 Å². The number of aliphatic carboxylic acids is 1. The van der Waals surface area contributed by atoms with Crippen molar-refractivity contribution in [1.29, 1.82) is 0 Å². The summed E-state index contributed by atoms with van der Waals surface area (Å²) in [5.41, 5.74) is -1.77. The van der Waals surface area contributed by atoms with Gasteiger partial charge >= 0.3 is 5.97 Å². The van der Waals surface area contributed by atoms with Gasteiger partial charge in [0, 0.05) is 6.42 Å². The van der Waals surface area contributed by atoms with Crippen LogP contribution in [-0.4, -0.2) is 17.0 Å². The topological polar surface area (TPSA) is 37.3 Å². The summed E-state index contributed by atoms with van der Waals surface area (Å²) < 4.78 is 24.1. The van der Waals surface area contributed by atoms with Crippen LogP contribution in [0.4, 0.5) is 8.78 Å². The van der Waals surface area contributed by atoms with E-state index in [4.69, 9.17) is 5.11 Å². The number of rotatable bonds is 1. The van der Waals surface area contributed by atoms with Crippen molar-refractivity contribution in [1.82, 2.24) is 0 Å². The van der Waals surface area contributed by atoms with Crippen LogP contribution >= 0.6 is 12.4 Å². The lowest BCUT2D eigenvalue weighted by Crippen LogP contribution is -2.17. The zero-order valence-corrected chi connectivity index (χ0v) is 6.04. The Bertz CT molecular complexity index is 171. The molecule has 0 bridgehead atoms. The van der Waals surface area contributed by atoms with Crippen LogP contribution in [0.3, 0.4) is 0 Å². The van der Waals surface area contributed by atoms with Crippen molar-refractivity contribution in [3.63, 3.8) is 0 Å². The molecule has 0 aliphatic heterocycles. The zero-order valence-electron chi connectivity index (χ0n) is 5.23. The van der Waals surface area contributed by atoms with Crippen LogP contribution in [0.2, 0.25) is 0 Å². The summed E-state index contributed by atoms with van der Waals surface area (Å²) >= 11 is 0. The highest BCUT2D eigenvalue weighted by Crippen LogP contribution is 2.60. The third-order valence-corrected chi connectivity index (χ3v) is 1.73. The number of halogens is 3. The minimum absolute atomic E-state index is 0. The third-order valence-electron chi connectivity index (χ3n) is 1.73. The first kappa shape index (κ1) is 9.62. The maximum Gasteiger partial charge on any atom is 0.315 e. The molecule has 1 rings (SSSR count). The standard InChI is InChI=1S/C5H6F2O2.ClH/c1-4(3(8)9)2-5(4,6)7;/h2H2,1H3,(H,8,9);1H. The van der Waals surface area contributed by atoms with Gasteiger partial charge < -0.3 is 5.11 Å². The van der Waals surface area contributed by atoms with Gasteiger partial charge in [-0.15, -0.1) is 12.4 Å². The van der Waals surface area contributed by atoms with Gasteiger partial charge in [-0.3, -0.25) is 4.79 Å². The fourth-order valence-electron chi connectivity index (χ4n) is 0.632. The molecular weight excluding hydrogens is 166 g/mol. The highest BCUT2D eigenvalue weighted by atomic mass is 35.5. The van der Waals surface area contributed by atoms with Crippen molar-refractivity contribution in [2.75, 3.05) is 0 Å². The molecule has 0 radical (unpaired) electrons. The van der Waals surface area contributed by atoms with Gasteiger partial charge in [-0.2, -0.15) is 0 Å². The Morgan fingerprint density at radius 3 is 1.90 bits per heavy atom. The molecule has 0 spiro atoms. The molecule has 1 unspecified atom stereocenters. The van der Waals surface area contributed by atoms with E-state index in [1.54, 1.807) is 0 Å². The van der Waals surface area contributed by atoms with Crippen molar-refractivity contribution in [3.8, 4) is 0 Å². The number of carboxylic acid groups (broad SMARTS) is 1. The summed E-state index contributed by atoms with van der Waals surface area (Å²) in [7, 11) is 0. The minimum Gasteiger partial charge on any atom is -0.481 e. The van der Waals surface area contributed by atoms with Crippen LogP contribution in [0.25, 0.3) is 0 Å². The van der Waals surface area contributed by atoms with E-state index >= 15 is 0 Å². The molecule has 10 heavy (non-hydrogen) atoms. The molecule has 1 atom stereocenters. The highest BCUT2D eigenvalue weighted by Gasteiger charge is 2.73. The summed E-state index contributed by atoms with van der Waals surface area (Å²) in [5.74, 6) is -4.38. The molecule has 0 aromatic heterocycles. The van der Waals surface area contributed by atoms with Crippen LogP contribution in [-0.2, 0) is 4.79 Å². The van der Waals surface area contributed by atoms with Crippen molar-refractivity contribution >= 4 is 18.4 Å². The van der Waals surface area contributed by atoms with Gasteiger partial charge in [0.15, 0.2) is 0 Å². The molecule has 0 saturated heterocycles. The second-order valence-corrected chi connectivity index (χ2v) is 2.52. The van der Waals surface area contributed by atoms with Gasteiger partial charge in [0.05, 0.1) is 0 Å². The zero-order chi connectivity index (χ0) is 7.28. The largest absolute Gasteiger partial charge is 0.481 e. The summed E-state index contributed by atoms with van der Waals surface area (Å²) in [6.45, 7) is 1.05. The van der Waals surface area contributed by atoms with Crippen LogP contribution < -0.4 is 0 Å². The Morgan fingerprint density at radius 1 is 1.60 bits per heavy atom. The molecule has 1 fully saturated rings. The van der Waals surface area contributed by atoms with Crippen molar-refractivity contribution in [2.24, 2.45) is 5.41 Å². The second kappa shape index (κ2) is 2.05. The number of hydrogen-bond donors (Lipinski definition) is 1. The number of carbonyl (C=O) groups is 1. The quantitative estimate of drug-likeness (QED) is 0.652. The van der Waals surface area contributed by atoms with E-state index in [1.807, 2.05) is 0 Å². The molecule has 0 aromatic carbocycles. The molecule has 5 heteroatoms. The van der Waals surface area contributed by atoms with E-state index in [9.17, 15) is 13.6 Å². The Balaban J connectivity index is 0.000000810. The molecule has 1 aliphatic rings. The second-order valence-electron chi connectivity index (χ2n) is 2.52. The van der Waals surface area contributed by atoms with Crippen molar-refractivity contribution in [3.05, 3.63) is 0 Å². The molecule has 1 N–H and O–H groups in total. The lowest BCUT2D eigenvalue weighted by molar-refractivity contribution is -0.146. The molecule has 0 aromatic rings. The van der Waals surface area contributed by atoms with Gasteiger partial charge in [0.1, 0.15) is 5.41 Å². The van der Waals surface area contributed by atoms with E-state index in [0.717, 1.165) is 6.92 Å². The fraction of sp³-hybridized carbons (Fsp3) is 0.800. The van der Waals surface area contributed by atoms with Crippen LogP contribution in [0.1, 0.15) is 13.3 Å². The average molecular weight is 173 g/mol. The highest BCUT2D eigenvalue weighted by molar-refractivity contribution is 5.85. The summed E-state index contributed by atoms with van der Waals surface area (Å²) in [5, 5.41) is 8.17. The van der Waals surface area contributed by atoms with Gasteiger partial charge in [0.2, 0.25) is 0 Å². The summed E-state index contributed by atoms with van der Waals surface area (Å²) in [6, 6.07) is 0. The summed E-state index contributed by atoms with van der Waals surface area (Å²) in [4.78, 5) is 10.0. The molecular formula is C5H7ClF2O2. The number of hydrogen-bond acceptors (Lipinski definition) is 1. The molecule has 60 valence electrons. The molecule has 1 saturated carbocycles. The SMILES string of the molecule is CC1(C(=O)O)CC1(F)F.Cl. The average Bonchev–Trinajstić information content (AvgIpc) is 2.08. The Kier molecular flexibility index (Phi) is 1.97. The Morgan fingerprint density at radius 2 is 1.90 bits per heavy atom. The van der Waals surface area contributed by atoms with E-state index in [-0.39, 0.29) is 12.4 Å². The Labute approximate surface area is 62.6 Å².